The minimum atomic E-state index is -6.95. The molecule has 0 spiro atoms. The lowest BCUT2D eigenvalue weighted by atomic mass is 9.95. The molecule has 1 aromatic rings. The Hall–Kier alpha value is -1.45. The summed E-state index contributed by atoms with van der Waals surface area (Å²) < 4.78 is 114. The summed E-state index contributed by atoms with van der Waals surface area (Å²) in [7, 11) is 0. The maximum absolute atomic E-state index is 13.4. The van der Waals surface area contributed by atoms with Gasteiger partial charge in [0, 0.05) is 6.42 Å². The Kier molecular flexibility index (Phi) is 5.01. The first-order chi connectivity index (χ1) is 10.1. The van der Waals surface area contributed by atoms with Crippen LogP contribution in [-0.2, 0) is 0 Å². The average molecular weight is 354 g/mol. The summed E-state index contributed by atoms with van der Waals surface area (Å²) >= 11 is 0. The molecule has 1 unspecified atom stereocenters. The Balaban J connectivity index is 3.10. The van der Waals surface area contributed by atoms with Crippen LogP contribution < -0.4 is 0 Å². The van der Waals surface area contributed by atoms with Crippen LogP contribution in [0.25, 0.3) is 0 Å². The van der Waals surface area contributed by atoms with E-state index in [1.165, 1.54) is 19.1 Å². The normalized spacial score (nSPS) is 15.6. The first-order valence-corrected chi connectivity index (χ1v) is 6.08. The Morgan fingerprint density at radius 2 is 1.43 bits per heavy atom. The number of hydrogen-bond acceptors (Lipinski definition) is 1. The average Bonchev–Trinajstić information content (AvgIpc) is 2.36. The van der Waals surface area contributed by atoms with Crippen LogP contribution in [0.15, 0.2) is 24.3 Å². The van der Waals surface area contributed by atoms with Crippen LogP contribution in [0.4, 0.5) is 39.5 Å². The summed E-state index contributed by atoms with van der Waals surface area (Å²) in [4.78, 5) is 0. The fourth-order valence-electron chi connectivity index (χ4n) is 1.77. The zero-order valence-electron chi connectivity index (χ0n) is 11.4. The van der Waals surface area contributed by atoms with E-state index in [9.17, 15) is 44.6 Å². The minimum absolute atomic E-state index is 0.309. The molecule has 1 rings (SSSR count). The Bertz CT molecular complexity index is 551. The fourth-order valence-corrected chi connectivity index (χ4v) is 1.77. The standard InChI is InChI=1S/C13H11F9O/c1-7-3-2-4-8(5-7)9(23)6-10(14,15)11(16,17)12(18,19)13(20,21)22/h2-5,9,23H,6H2,1H3. The van der Waals surface area contributed by atoms with Crippen LogP contribution in [0.3, 0.4) is 0 Å². The van der Waals surface area contributed by atoms with E-state index in [1.807, 2.05) is 0 Å². The van der Waals surface area contributed by atoms with Crippen LogP contribution in [0.1, 0.15) is 23.7 Å². The van der Waals surface area contributed by atoms with Crippen molar-refractivity contribution >= 4 is 0 Å². The maximum atomic E-state index is 13.4. The summed E-state index contributed by atoms with van der Waals surface area (Å²) in [5.41, 5.74) is 0.132. The van der Waals surface area contributed by atoms with Gasteiger partial charge in [-0.3, -0.25) is 0 Å². The van der Waals surface area contributed by atoms with Crippen molar-refractivity contribution in [3.63, 3.8) is 0 Å². The third-order valence-electron chi connectivity index (χ3n) is 3.09. The van der Waals surface area contributed by atoms with E-state index < -0.39 is 36.5 Å². The lowest BCUT2D eigenvalue weighted by molar-refractivity contribution is -0.398. The molecule has 0 saturated carbocycles. The molecule has 0 aromatic heterocycles. The Morgan fingerprint density at radius 3 is 1.87 bits per heavy atom. The molecule has 0 fully saturated rings. The zero-order valence-corrected chi connectivity index (χ0v) is 11.4. The second kappa shape index (κ2) is 5.88. The fraction of sp³-hybridized carbons (Fsp3) is 0.538. The van der Waals surface area contributed by atoms with E-state index in [2.05, 4.69) is 0 Å². The molecule has 0 aliphatic rings. The number of benzene rings is 1. The highest BCUT2D eigenvalue weighted by molar-refractivity contribution is 5.24. The minimum Gasteiger partial charge on any atom is -0.388 e. The van der Waals surface area contributed by atoms with E-state index in [0.717, 1.165) is 12.1 Å². The van der Waals surface area contributed by atoms with Crippen LogP contribution in [0, 0.1) is 6.92 Å². The number of aliphatic hydroxyl groups excluding tert-OH is 1. The summed E-state index contributed by atoms with van der Waals surface area (Å²) in [6.07, 6.45) is -11.5. The lowest BCUT2D eigenvalue weighted by Gasteiger charge is -2.34. The Morgan fingerprint density at radius 1 is 0.913 bits per heavy atom. The maximum Gasteiger partial charge on any atom is 0.460 e. The third kappa shape index (κ3) is 3.56. The molecule has 23 heavy (non-hydrogen) atoms. The summed E-state index contributed by atoms with van der Waals surface area (Å²) in [5, 5.41) is 9.47. The van der Waals surface area contributed by atoms with Gasteiger partial charge in [0.2, 0.25) is 0 Å². The molecule has 0 amide bonds. The van der Waals surface area contributed by atoms with E-state index >= 15 is 0 Å². The molecule has 0 bridgehead atoms. The van der Waals surface area contributed by atoms with Crippen molar-refractivity contribution in [2.75, 3.05) is 0 Å². The summed E-state index contributed by atoms with van der Waals surface area (Å²) in [6, 6.07) is 4.91. The Labute approximate surface area is 124 Å². The van der Waals surface area contributed by atoms with Gasteiger partial charge in [0.1, 0.15) is 0 Å². The topological polar surface area (TPSA) is 20.2 Å². The quantitative estimate of drug-likeness (QED) is 0.747. The third-order valence-corrected chi connectivity index (χ3v) is 3.09. The van der Waals surface area contributed by atoms with Gasteiger partial charge in [-0.2, -0.15) is 39.5 Å². The first-order valence-electron chi connectivity index (χ1n) is 6.08. The van der Waals surface area contributed by atoms with Crippen LogP contribution in [-0.4, -0.2) is 29.1 Å². The van der Waals surface area contributed by atoms with Gasteiger partial charge in [-0.15, -0.1) is 0 Å². The second-order valence-electron chi connectivity index (χ2n) is 4.99. The number of halogens is 9. The highest BCUT2D eigenvalue weighted by Gasteiger charge is 2.81. The largest absolute Gasteiger partial charge is 0.460 e. The van der Waals surface area contributed by atoms with E-state index in [4.69, 9.17) is 0 Å². The van der Waals surface area contributed by atoms with E-state index in [-0.39, 0.29) is 5.56 Å². The van der Waals surface area contributed by atoms with Gasteiger partial charge in [-0.05, 0) is 12.5 Å². The SMILES string of the molecule is Cc1cccc(C(O)CC(F)(F)C(F)(F)C(F)(F)C(F)(F)F)c1. The highest BCUT2D eigenvalue weighted by atomic mass is 19.4. The molecular formula is C13H11F9O. The number of alkyl halides is 9. The van der Waals surface area contributed by atoms with Crippen LogP contribution in [0.2, 0.25) is 0 Å². The highest BCUT2D eigenvalue weighted by Crippen LogP contribution is 2.55. The van der Waals surface area contributed by atoms with Crippen molar-refractivity contribution in [3.8, 4) is 0 Å². The molecule has 1 N–H and O–H groups in total. The molecule has 0 radical (unpaired) electrons. The van der Waals surface area contributed by atoms with Gasteiger partial charge >= 0.3 is 23.9 Å². The van der Waals surface area contributed by atoms with Gasteiger partial charge in [-0.25, -0.2) is 0 Å². The number of aliphatic hydroxyl groups is 1. The van der Waals surface area contributed by atoms with E-state index in [0.29, 0.717) is 5.56 Å². The molecular weight excluding hydrogens is 343 g/mol. The molecule has 0 aliphatic carbocycles. The summed E-state index contributed by atoms with van der Waals surface area (Å²) in [6.45, 7) is 1.47. The molecule has 132 valence electrons. The lowest BCUT2D eigenvalue weighted by Crippen LogP contribution is -2.61. The molecule has 1 nitrogen and oxygen atoms in total. The van der Waals surface area contributed by atoms with Crippen LogP contribution in [0.5, 0.6) is 0 Å². The number of rotatable bonds is 5. The molecule has 10 heteroatoms. The molecule has 1 atom stereocenters. The predicted octanol–water partition coefficient (Wildman–Crippen LogP) is 4.89. The van der Waals surface area contributed by atoms with Crippen molar-refractivity contribution in [1.29, 1.82) is 0 Å². The van der Waals surface area contributed by atoms with Crippen molar-refractivity contribution in [2.45, 2.75) is 43.4 Å². The number of aryl methyl sites for hydroxylation is 1. The zero-order chi connectivity index (χ0) is 18.3. The van der Waals surface area contributed by atoms with Crippen molar-refractivity contribution in [2.24, 2.45) is 0 Å². The smallest absolute Gasteiger partial charge is 0.388 e. The second-order valence-corrected chi connectivity index (χ2v) is 4.99. The molecule has 0 saturated heterocycles. The monoisotopic (exact) mass is 354 g/mol. The van der Waals surface area contributed by atoms with Gasteiger partial charge in [0.05, 0.1) is 6.10 Å². The first kappa shape index (κ1) is 19.6. The number of hydrogen-bond donors (Lipinski definition) is 1. The van der Waals surface area contributed by atoms with Gasteiger partial charge < -0.3 is 5.11 Å². The van der Waals surface area contributed by atoms with Gasteiger partial charge in [0.15, 0.2) is 0 Å². The predicted molar refractivity (Wildman–Crippen MR) is 61.7 cm³/mol. The molecule has 0 heterocycles. The van der Waals surface area contributed by atoms with Crippen molar-refractivity contribution in [1.82, 2.24) is 0 Å². The molecule has 1 aromatic carbocycles. The van der Waals surface area contributed by atoms with Gasteiger partial charge in [0.25, 0.3) is 0 Å². The van der Waals surface area contributed by atoms with E-state index in [1.54, 1.807) is 0 Å². The van der Waals surface area contributed by atoms with Crippen molar-refractivity contribution in [3.05, 3.63) is 35.4 Å². The van der Waals surface area contributed by atoms with Crippen LogP contribution >= 0.6 is 0 Å². The molecule has 0 aliphatic heterocycles. The summed E-state index contributed by atoms with van der Waals surface area (Å²) in [5.74, 6) is -19.5. The van der Waals surface area contributed by atoms with Gasteiger partial charge in [-0.1, -0.05) is 29.8 Å². The van der Waals surface area contributed by atoms with Crippen molar-refractivity contribution < 1.29 is 44.6 Å².